The number of aryl methyl sites for hydroxylation is 2. The van der Waals surface area contributed by atoms with Crippen LogP contribution in [0.4, 0.5) is 0 Å². The summed E-state index contributed by atoms with van der Waals surface area (Å²) in [5, 5.41) is 4.15. The molecule has 0 spiro atoms. The summed E-state index contributed by atoms with van der Waals surface area (Å²) in [6.07, 6.45) is 5.55. The third-order valence-corrected chi connectivity index (χ3v) is 4.46. The predicted octanol–water partition coefficient (Wildman–Crippen LogP) is 0.392. The van der Waals surface area contributed by atoms with Crippen molar-refractivity contribution in [1.82, 2.24) is 29.1 Å². The van der Waals surface area contributed by atoms with Crippen LogP contribution in [0.3, 0.4) is 0 Å². The third kappa shape index (κ3) is 3.43. The molecular formula is C16H24N6O2. The highest BCUT2D eigenvalue weighted by molar-refractivity contribution is 5.96. The number of piperazine rings is 1. The van der Waals surface area contributed by atoms with Crippen LogP contribution in [0.15, 0.2) is 18.6 Å². The number of aromatic nitrogens is 4. The Morgan fingerprint density at radius 2 is 2.00 bits per heavy atom. The molecule has 0 N–H and O–H groups in total. The molecule has 1 fully saturated rings. The molecule has 1 saturated heterocycles. The fourth-order valence-electron chi connectivity index (χ4n) is 3.00. The molecule has 0 bridgehead atoms. The highest BCUT2D eigenvalue weighted by atomic mass is 16.5. The van der Waals surface area contributed by atoms with Gasteiger partial charge in [-0.2, -0.15) is 0 Å². The first-order chi connectivity index (χ1) is 11.6. The Balaban J connectivity index is 1.53. The van der Waals surface area contributed by atoms with Gasteiger partial charge in [-0.1, -0.05) is 0 Å². The van der Waals surface area contributed by atoms with E-state index in [-0.39, 0.29) is 5.91 Å². The topological polar surface area (TPSA) is 68.4 Å². The number of imidazole rings is 1. The van der Waals surface area contributed by atoms with E-state index >= 15 is 0 Å². The molecule has 1 aliphatic heterocycles. The molecule has 0 atom stereocenters. The third-order valence-electron chi connectivity index (χ3n) is 4.46. The molecule has 0 radical (unpaired) electrons. The van der Waals surface area contributed by atoms with Gasteiger partial charge < -0.3 is 14.2 Å². The zero-order valence-corrected chi connectivity index (χ0v) is 14.5. The van der Waals surface area contributed by atoms with E-state index in [4.69, 9.17) is 4.74 Å². The van der Waals surface area contributed by atoms with Gasteiger partial charge in [0.05, 0.1) is 7.11 Å². The van der Waals surface area contributed by atoms with Crippen LogP contribution in [0.1, 0.15) is 16.2 Å². The molecule has 0 aliphatic carbocycles. The molecule has 130 valence electrons. The van der Waals surface area contributed by atoms with Crippen LogP contribution >= 0.6 is 0 Å². The molecule has 2 aromatic heterocycles. The van der Waals surface area contributed by atoms with Crippen LogP contribution in [0.2, 0.25) is 0 Å². The van der Waals surface area contributed by atoms with Crippen molar-refractivity contribution in [2.45, 2.75) is 13.5 Å². The molecule has 3 heterocycles. The van der Waals surface area contributed by atoms with Crippen molar-refractivity contribution in [3.05, 3.63) is 30.0 Å². The monoisotopic (exact) mass is 332 g/mol. The van der Waals surface area contributed by atoms with E-state index in [0.29, 0.717) is 11.4 Å². The van der Waals surface area contributed by atoms with Crippen molar-refractivity contribution < 1.29 is 9.53 Å². The largest absolute Gasteiger partial charge is 0.479 e. The van der Waals surface area contributed by atoms with E-state index in [1.54, 1.807) is 17.9 Å². The number of carbonyl (C=O) groups is 1. The minimum Gasteiger partial charge on any atom is -0.479 e. The number of ether oxygens (including phenoxy) is 1. The molecular weight excluding hydrogens is 308 g/mol. The Morgan fingerprint density at radius 3 is 2.62 bits per heavy atom. The Kier molecular flexibility index (Phi) is 4.84. The average molecular weight is 332 g/mol. The normalized spacial score (nSPS) is 15.7. The minimum atomic E-state index is -0.00921. The van der Waals surface area contributed by atoms with Crippen molar-refractivity contribution in [2.75, 3.05) is 39.8 Å². The lowest BCUT2D eigenvalue weighted by Crippen LogP contribution is -2.49. The van der Waals surface area contributed by atoms with Crippen LogP contribution in [0.5, 0.6) is 5.88 Å². The van der Waals surface area contributed by atoms with Gasteiger partial charge in [0.15, 0.2) is 0 Å². The minimum absolute atomic E-state index is 0.00921. The maximum atomic E-state index is 12.7. The van der Waals surface area contributed by atoms with E-state index in [9.17, 15) is 4.79 Å². The van der Waals surface area contributed by atoms with Gasteiger partial charge in [0.2, 0.25) is 5.88 Å². The number of amides is 1. The second-order valence-electron chi connectivity index (χ2n) is 6.03. The second kappa shape index (κ2) is 7.04. The highest BCUT2D eigenvalue weighted by Crippen LogP contribution is 2.18. The fraction of sp³-hybridized carbons (Fsp3) is 0.562. The summed E-state index contributed by atoms with van der Waals surface area (Å²) in [5.74, 6) is 1.41. The number of hydrogen-bond acceptors (Lipinski definition) is 5. The van der Waals surface area contributed by atoms with Gasteiger partial charge in [-0.3, -0.25) is 14.4 Å². The highest BCUT2D eigenvalue weighted by Gasteiger charge is 2.25. The van der Waals surface area contributed by atoms with E-state index < -0.39 is 0 Å². The smallest absolute Gasteiger partial charge is 0.261 e. The van der Waals surface area contributed by atoms with Crippen LogP contribution < -0.4 is 4.74 Å². The number of rotatable bonds is 5. The van der Waals surface area contributed by atoms with Gasteiger partial charge in [0.1, 0.15) is 11.4 Å². The van der Waals surface area contributed by atoms with E-state index in [1.807, 2.05) is 24.2 Å². The lowest BCUT2D eigenvalue weighted by Gasteiger charge is -2.34. The van der Waals surface area contributed by atoms with Crippen LogP contribution in [0, 0.1) is 6.92 Å². The molecule has 0 unspecified atom stereocenters. The summed E-state index contributed by atoms with van der Waals surface area (Å²) in [4.78, 5) is 21.1. The first-order valence-electron chi connectivity index (χ1n) is 8.15. The van der Waals surface area contributed by atoms with Gasteiger partial charge in [0.25, 0.3) is 5.91 Å². The van der Waals surface area contributed by atoms with Gasteiger partial charge in [0, 0.05) is 64.9 Å². The van der Waals surface area contributed by atoms with Crippen molar-refractivity contribution >= 4 is 5.91 Å². The van der Waals surface area contributed by atoms with E-state index in [1.165, 1.54) is 7.11 Å². The average Bonchev–Trinajstić information content (AvgIpc) is 3.18. The van der Waals surface area contributed by atoms with Crippen LogP contribution in [0.25, 0.3) is 0 Å². The molecule has 1 aliphatic rings. The van der Waals surface area contributed by atoms with E-state index in [0.717, 1.165) is 45.1 Å². The number of methoxy groups -OCH3 is 1. The zero-order chi connectivity index (χ0) is 17.1. The summed E-state index contributed by atoms with van der Waals surface area (Å²) in [6.45, 7) is 7.10. The maximum Gasteiger partial charge on any atom is 0.261 e. The van der Waals surface area contributed by atoms with Gasteiger partial charge in [-0.25, -0.2) is 4.98 Å². The number of carbonyl (C=O) groups excluding carboxylic acids is 1. The van der Waals surface area contributed by atoms with Crippen molar-refractivity contribution in [3.8, 4) is 5.88 Å². The summed E-state index contributed by atoms with van der Waals surface area (Å²) in [6, 6.07) is 0. The van der Waals surface area contributed by atoms with Crippen molar-refractivity contribution in [1.29, 1.82) is 0 Å². The lowest BCUT2D eigenvalue weighted by molar-refractivity contribution is 0.0630. The maximum absolute atomic E-state index is 12.7. The summed E-state index contributed by atoms with van der Waals surface area (Å²) >= 11 is 0. The van der Waals surface area contributed by atoms with Crippen molar-refractivity contribution in [3.63, 3.8) is 0 Å². The predicted molar refractivity (Wildman–Crippen MR) is 89.1 cm³/mol. The molecule has 0 aromatic carbocycles. The Hall–Kier alpha value is -2.35. The number of hydrogen-bond donors (Lipinski definition) is 0. The molecule has 3 rings (SSSR count). The first kappa shape index (κ1) is 16.5. The van der Waals surface area contributed by atoms with Gasteiger partial charge in [-0.15, -0.1) is 5.10 Å². The zero-order valence-electron chi connectivity index (χ0n) is 14.5. The second-order valence-corrected chi connectivity index (χ2v) is 6.03. The van der Waals surface area contributed by atoms with E-state index in [2.05, 4.69) is 19.5 Å². The fourth-order valence-corrected chi connectivity index (χ4v) is 3.00. The Labute approximate surface area is 141 Å². The standard InChI is InChI=1S/C16H24N6O2/c1-13-17-4-5-21(13)9-6-20-7-10-22(11-8-20)16(23)14-12-19(2)18-15(14)24-3/h4-5,12H,6-11H2,1-3H3. The van der Waals surface area contributed by atoms with Gasteiger partial charge in [-0.05, 0) is 6.92 Å². The van der Waals surface area contributed by atoms with Crippen molar-refractivity contribution in [2.24, 2.45) is 7.05 Å². The molecule has 1 amide bonds. The van der Waals surface area contributed by atoms with Crippen LogP contribution in [-0.4, -0.2) is 74.9 Å². The molecule has 8 heteroatoms. The Morgan fingerprint density at radius 1 is 1.25 bits per heavy atom. The van der Waals surface area contributed by atoms with Crippen LogP contribution in [-0.2, 0) is 13.6 Å². The summed E-state index contributed by atoms with van der Waals surface area (Å²) in [5.41, 5.74) is 0.530. The molecule has 8 nitrogen and oxygen atoms in total. The quantitative estimate of drug-likeness (QED) is 0.792. The summed E-state index contributed by atoms with van der Waals surface area (Å²) in [7, 11) is 3.32. The molecule has 0 saturated carbocycles. The SMILES string of the molecule is COc1nn(C)cc1C(=O)N1CCN(CCn2ccnc2C)CC1. The molecule has 24 heavy (non-hydrogen) atoms. The van der Waals surface area contributed by atoms with Gasteiger partial charge >= 0.3 is 0 Å². The first-order valence-corrected chi connectivity index (χ1v) is 8.15. The number of nitrogens with zero attached hydrogens (tertiary/aromatic N) is 6. The summed E-state index contributed by atoms with van der Waals surface area (Å²) < 4.78 is 8.95. The molecule has 2 aromatic rings. The Bertz CT molecular complexity index is 699. The lowest BCUT2D eigenvalue weighted by atomic mass is 10.2.